The van der Waals surface area contributed by atoms with E-state index in [0.717, 1.165) is 23.5 Å². The van der Waals surface area contributed by atoms with Crippen molar-refractivity contribution in [3.63, 3.8) is 0 Å². The highest BCUT2D eigenvalue weighted by atomic mass is 16.3. The Morgan fingerprint density at radius 3 is 2.33 bits per heavy atom. The number of hydrogen-bond donors (Lipinski definition) is 1. The Kier molecular flexibility index (Phi) is 4.54. The predicted molar refractivity (Wildman–Crippen MR) is 97.0 cm³/mol. The lowest BCUT2D eigenvalue weighted by Gasteiger charge is -2.26. The van der Waals surface area contributed by atoms with Gasteiger partial charge in [-0.25, -0.2) is 4.98 Å². The van der Waals surface area contributed by atoms with Crippen molar-refractivity contribution in [3.8, 4) is 0 Å². The highest BCUT2D eigenvalue weighted by molar-refractivity contribution is 5.34. The van der Waals surface area contributed by atoms with Gasteiger partial charge in [-0.1, -0.05) is 67.1 Å². The van der Waals surface area contributed by atoms with Crippen LogP contribution in [-0.4, -0.2) is 14.7 Å². The second-order valence-corrected chi connectivity index (χ2v) is 6.42. The zero-order valence-corrected chi connectivity index (χ0v) is 14.5. The number of hydrogen-bond acceptors (Lipinski definition) is 2. The van der Waals surface area contributed by atoms with E-state index in [9.17, 15) is 5.11 Å². The van der Waals surface area contributed by atoms with Gasteiger partial charge in [0.25, 0.3) is 0 Å². The summed E-state index contributed by atoms with van der Waals surface area (Å²) in [6, 6.07) is 18.3. The van der Waals surface area contributed by atoms with Gasteiger partial charge in [0.1, 0.15) is 11.4 Å². The summed E-state index contributed by atoms with van der Waals surface area (Å²) >= 11 is 0. The molecule has 24 heavy (non-hydrogen) atoms. The second-order valence-electron chi connectivity index (χ2n) is 6.42. The average Bonchev–Trinajstić information content (AvgIpc) is 2.99. The maximum absolute atomic E-state index is 11.3. The standard InChI is InChI=1S/C21H24N2O/c1-4-20-22-14-19(23(20)15-17-8-6-5-7-9-17)21(3,24)18-12-10-16(2)11-13-18/h5-14,24H,4,15H2,1-3H3/t21-/m1/s1. The molecule has 1 heterocycles. The summed E-state index contributed by atoms with van der Waals surface area (Å²) in [5, 5.41) is 11.3. The van der Waals surface area contributed by atoms with Crippen LogP contribution in [0.15, 0.2) is 60.8 Å². The van der Waals surface area contributed by atoms with Crippen LogP contribution in [0.5, 0.6) is 0 Å². The quantitative estimate of drug-likeness (QED) is 0.770. The Morgan fingerprint density at radius 1 is 1.04 bits per heavy atom. The molecular weight excluding hydrogens is 296 g/mol. The number of imidazole rings is 1. The van der Waals surface area contributed by atoms with Crippen LogP contribution in [0.2, 0.25) is 0 Å². The van der Waals surface area contributed by atoms with Crippen LogP contribution in [0, 0.1) is 6.92 Å². The van der Waals surface area contributed by atoms with E-state index < -0.39 is 5.60 Å². The summed E-state index contributed by atoms with van der Waals surface area (Å²) in [5.74, 6) is 0.987. The van der Waals surface area contributed by atoms with E-state index in [1.165, 1.54) is 11.1 Å². The normalized spacial score (nSPS) is 13.7. The number of aliphatic hydroxyl groups is 1. The first kappa shape index (κ1) is 16.5. The van der Waals surface area contributed by atoms with Crippen LogP contribution in [-0.2, 0) is 18.6 Å². The topological polar surface area (TPSA) is 38.1 Å². The van der Waals surface area contributed by atoms with Crippen molar-refractivity contribution in [1.82, 2.24) is 9.55 Å². The Bertz CT molecular complexity index is 802. The van der Waals surface area contributed by atoms with Crippen molar-refractivity contribution >= 4 is 0 Å². The van der Waals surface area contributed by atoms with Gasteiger partial charge in [-0.3, -0.25) is 0 Å². The molecule has 3 heteroatoms. The minimum Gasteiger partial charge on any atom is -0.379 e. The van der Waals surface area contributed by atoms with E-state index in [2.05, 4.69) is 28.6 Å². The second kappa shape index (κ2) is 6.62. The van der Waals surface area contributed by atoms with Gasteiger partial charge in [0.05, 0.1) is 11.9 Å². The van der Waals surface area contributed by atoms with Crippen LogP contribution in [0.3, 0.4) is 0 Å². The molecule has 3 rings (SSSR count). The fraction of sp³-hybridized carbons (Fsp3) is 0.286. The molecule has 3 aromatic rings. The van der Waals surface area contributed by atoms with Gasteiger partial charge in [-0.15, -0.1) is 0 Å². The fourth-order valence-corrected chi connectivity index (χ4v) is 3.05. The Balaban J connectivity index is 2.04. The number of aryl methyl sites for hydroxylation is 2. The molecule has 1 atom stereocenters. The van der Waals surface area contributed by atoms with Crippen LogP contribution in [0.4, 0.5) is 0 Å². The molecule has 0 unspecified atom stereocenters. The molecule has 1 N–H and O–H groups in total. The third-order valence-electron chi connectivity index (χ3n) is 4.55. The SMILES string of the molecule is CCc1ncc([C@](C)(O)c2ccc(C)cc2)n1Cc1ccccc1. The molecule has 1 aromatic heterocycles. The van der Waals surface area contributed by atoms with Crippen molar-refractivity contribution in [2.24, 2.45) is 0 Å². The molecule has 3 nitrogen and oxygen atoms in total. The molecule has 0 fully saturated rings. The maximum atomic E-state index is 11.3. The highest BCUT2D eigenvalue weighted by Crippen LogP contribution is 2.30. The molecule has 0 radical (unpaired) electrons. The van der Waals surface area contributed by atoms with E-state index in [0.29, 0.717) is 6.54 Å². The molecular formula is C21H24N2O. The van der Waals surface area contributed by atoms with Gasteiger partial charge in [0, 0.05) is 13.0 Å². The molecule has 0 amide bonds. The minimum absolute atomic E-state index is 0.710. The summed E-state index contributed by atoms with van der Waals surface area (Å²) in [6.07, 6.45) is 2.64. The first-order valence-electron chi connectivity index (χ1n) is 8.40. The van der Waals surface area contributed by atoms with Gasteiger partial charge >= 0.3 is 0 Å². The van der Waals surface area contributed by atoms with Crippen molar-refractivity contribution in [2.75, 3.05) is 0 Å². The third-order valence-corrected chi connectivity index (χ3v) is 4.55. The first-order valence-corrected chi connectivity index (χ1v) is 8.40. The minimum atomic E-state index is -1.08. The Hall–Kier alpha value is -2.39. The van der Waals surface area contributed by atoms with Crippen molar-refractivity contribution in [2.45, 2.75) is 39.3 Å². The molecule has 0 bridgehead atoms. The van der Waals surface area contributed by atoms with Gasteiger partial charge in [0.2, 0.25) is 0 Å². The van der Waals surface area contributed by atoms with Crippen LogP contribution < -0.4 is 0 Å². The lowest BCUT2D eigenvalue weighted by atomic mass is 9.92. The number of nitrogens with zero attached hydrogens (tertiary/aromatic N) is 2. The fourth-order valence-electron chi connectivity index (χ4n) is 3.05. The van der Waals surface area contributed by atoms with Crippen molar-refractivity contribution < 1.29 is 5.11 Å². The molecule has 0 aliphatic carbocycles. The molecule has 0 spiro atoms. The van der Waals surface area contributed by atoms with Crippen LogP contribution in [0.1, 0.15) is 42.1 Å². The van der Waals surface area contributed by atoms with E-state index in [-0.39, 0.29) is 0 Å². The van der Waals surface area contributed by atoms with Crippen LogP contribution >= 0.6 is 0 Å². The maximum Gasteiger partial charge on any atom is 0.128 e. The molecule has 0 aliphatic heterocycles. The van der Waals surface area contributed by atoms with Gasteiger partial charge < -0.3 is 9.67 Å². The monoisotopic (exact) mass is 320 g/mol. The van der Waals surface area contributed by atoms with E-state index >= 15 is 0 Å². The molecule has 0 saturated carbocycles. The Labute approximate surface area is 143 Å². The number of aromatic nitrogens is 2. The molecule has 124 valence electrons. The number of benzene rings is 2. The smallest absolute Gasteiger partial charge is 0.128 e. The summed E-state index contributed by atoms with van der Waals surface area (Å²) in [5.41, 5.74) is 3.01. The Morgan fingerprint density at radius 2 is 1.71 bits per heavy atom. The lowest BCUT2D eigenvalue weighted by molar-refractivity contribution is 0.0932. The van der Waals surface area contributed by atoms with Crippen molar-refractivity contribution in [3.05, 3.63) is 89.0 Å². The van der Waals surface area contributed by atoms with Crippen molar-refractivity contribution in [1.29, 1.82) is 0 Å². The van der Waals surface area contributed by atoms with Gasteiger partial charge in [0.15, 0.2) is 0 Å². The summed E-state index contributed by atoms with van der Waals surface area (Å²) in [4.78, 5) is 4.54. The zero-order chi connectivity index (χ0) is 17.2. The molecule has 0 aliphatic rings. The van der Waals surface area contributed by atoms with E-state index in [4.69, 9.17) is 0 Å². The van der Waals surface area contributed by atoms with Gasteiger partial charge in [-0.2, -0.15) is 0 Å². The summed E-state index contributed by atoms with van der Waals surface area (Å²) in [7, 11) is 0. The van der Waals surface area contributed by atoms with Gasteiger partial charge in [-0.05, 0) is 25.0 Å². The highest BCUT2D eigenvalue weighted by Gasteiger charge is 2.30. The van der Waals surface area contributed by atoms with E-state index in [1.807, 2.05) is 62.5 Å². The lowest BCUT2D eigenvalue weighted by Crippen LogP contribution is -2.27. The van der Waals surface area contributed by atoms with E-state index in [1.54, 1.807) is 0 Å². The van der Waals surface area contributed by atoms with Crippen LogP contribution in [0.25, 0.3) is 0 Å². The number of rotatable bonds is 5. The summed E-state index contributed by atoms with van der Waals surface area (Å²) in [6.45, 7) is 6.69. The predicted octanol–water partition coefficient (Wildman–Crippen LogP) is 4.06. The largest absolute Gasteiger partial charge is 0.379 e. The zero-order valence-electron chi connectivity index (χ0n) is 14.5. The third kappa shape index (κ3) is 3.13. The molecule has 2 aromatic carbocycles. The molecule has 0 saturated heterocycles. The average molecular weight is 320 g/mol. The first-order chi connectivity index (χ1) is 11.5. The summed E-state index contributed by atoms with van der Waals surface area (Å²) < 4.78 is 2.13.